The average molecular weight is 378 g/mol. The Labute approximate surface area is 153 Å². The van der Waals surface area contributed by atoms with Crippen molar-refractivity contribution in [1.29, 1.82) is 0 Å². The van der Waals surface area contributed by atoms with Gasteiger partial charge >= 0.3 is 6.18 Å². The molecule has 0 fully saturated rings. The maximum absolute atomic E-state index is 12.8. The average Bonchev–Trinajstić information content (AvgIpc) is 2.98. The van der Waals surface area contributed by atoms with Crippen LogP contribution >= 0.6 is 0 Å². The van der Waals surface area contributed by atoms with E-state index in [4.69, 9.17) is 0 Å². The summed E-state index contributed by atoms with van der Waals surface area (Å²) in [4.78, 5) is 4.57. The molecule has 6 nitrogen and oxygen atoms in total. The van der Waals surface area contributed by atoms with Crippen molar-refractivity contribution in [3.8, 4) is 0 Å². The van der Waals surface area contributed by atoms with E-state index >= 15 is 0 Å². The lowest BCUT2D eigenvalue weighted by molar-refractivity contribution is -0.137. The number of hydrogen-bond acceptors (Lipinski definition) is 5. The quantitative estimate of drug-likeness (QED) is 0.832. The van der Waals surface area contributed by atoms with Gasteiger partial charge in [-0.1, -0.05) is 19.1 Å². The van der Waals surface area contributed by atoms with Gasteiger partial charge in [0.25, 0.3) is 0 Å². The van der Waals surface area contributed by atoms with Gasteiger partial charge < -0.3 is 10.6 Å². The van der Waals surface area contributed by atoms with Crippen LogP contribution in [0.5, 0.6) is 0 Å². The number of aliphatic imine (C=N–C) groups is 1. The molecule has 4 rings (SSSR count). The molecule has 9 heteroatoms. The monoisotopic (exact) mass is 378 g/mol. The predicted octanol–water partition coefficient (Wildman–Crippen LogP) is 3.85. The third-order valence-corrected chi connectivity index (χ3v) is 4.29. The number of halogens is 3. The summed E-state index contributed by atoms with van der Waals surface area (Å²) < 4.78 is 38.3. The Morgan fingerprint density at radius 3 is 2.33 bits per heavy atom. The number of anilines is 2. The van der Waals surface area contributed by atoms with E-state index in [0.29, 0.717) is 23.5 Å². The maximum atomic E-state index is 12.8. The van der Waals surface area contributed by atoms with E-state index in [1.165, 1.54) is 17.1 Å². The number of nitrogens with zero attached hydrogens (tertiary/aromatic N) is 3. The number of alkyl halides is 3. The summed E-state index contributed by atoms with van der Waals surface area (Å²) in [7, 11) is 0. The van der Waals surface area contributed by atoms with Crippen LogP contribution in [-0.2, 0) is 6.18 Å². The van der Waals surface area contributed by atoms with Gasteiger partial charge in [-0.3, -0.25) is 0 Å². The molecule has 2 aromatic carbocycles. The summed E-state index contributed by atoms with van der Waals surface area (Å²) >= 11 is 0. The zero-order chi connectivity index (χ0) is 18.5. The van der Waals surface area contributed by atoms with Gasteiger partial charge in [-0.15, -0.1) is 5.53 Å². The van der Waals surface area contributed by atoms with E-state index in [-0.39, 0.29) is 11.4 Å². The second-order valence-corrected chi connectivity index (χ2v) is 5.89. The summed E-state index contributed by atoms with van der Waals surface area (Å²) in [5, 5.41) is 13.7. The zero-order valence-electron chi connectivity index (χ0n) is 14.2. The number of aliphatic hydroxyl groups excluding tert-OH is 1. The van der Waals surface area contributed by atoms with Crippen LogP contribution in [0.1, 0.15) is 18.9 Å². The first-order valence-electron chi connectivity index (χ1n) is 8.04. The smallest absolute Gasteiger partial charge is 0.416 e. The van der Waals surface area contributed by atoms with Crippen LogP contribution in [0, 0.1) is 0 Å². The molecule has 0 unspecified atom stereocenters. The number of nitrogens with one attached hydrogen (secondary N) is 1. The fourth-order valence-corrected chi connectivity index (χ4v) is 3.01. The minimum atomic E-state index is -4.41. The van der Waals surface area contributed by atoms with Gasteiger partial charge in [0, 0.05) is 0 Å². The van der Waals surface area contributed by atoms with Crippen molar-refractivity contribution >= 4 is 22.8 Å². The second kappa shape index (κ2) is 6.60. The van der Waals surface area contributed by atoms with Crippen LogP contribution in [0.4, 0.5) is 30.2 Å². The van der Waals surface area contributed by atoms with Gasteiger partial charge in [-0.25, -0.2) is 15.0 Å². The highest BCUT2D eigenvalue weighted by molar-refractivity contribution is 6.09. The number of para-hydroxylation sites is 2. The molecule has 0 radical (unpaired) electrons. The normalized spacial score (nSPS) is 15.9. The molecule has 0 amide bonds. The van der Waals surface area contributed by atoms with Crippen molar-refractivity contribution in [2.24, 2.45) is 4.99 Å². The van der Waals surface area contributed by atoms with Crippen LogP contribution in [0.3, 0.4) is 0 Å². The Balaban J connectivity index is 0.00000210. The molecule has 2 heterocycles. The van der Waals surface area contributed by atoms with E-state index in [9.17, 15) is 18.3 Å². The van der Waals surface area contributed by atoms with E-state index in [2.05, 4.69) is 10.5 Å². The molecule has 2 aromatic rings. The summed E-state index contributed by atoms with van der Waals surface area (Å²) in [6.45, 7) is 1.92. The van der Waals surface area contributed by atoms with Gasteiger partial charge in [0.05, 0.1) is 28.3 Å². The van der Waals surface area contributed by atoms with Crippen LogP contribution in [0.25, 0.3) is 0 Å². The molecule has 0 bridgehead atoms. The standard InChI is InChI=1S/C18H15F3N4O.H2O/c1-2-13-16-17(26)24(12-9-7-11(8-10-12)18(19,20)21)23-25(16)15-6-4-3-5-14(15)22-13;/h3-10,23,26H,2H2,1H3;1H2. The van der Waals surface area contributed by atoms with Crippen LogP contribution < -0.4 is 15.6 Å². The molecule has 0 aliphatic carbocycles. The second-order valence-electron chi connectivity index (χ2n) is 5.89. The summed E-state index contributed by atoms with van der Waals surface area (Å²) in [5.74, 6) is -0.111. The first-order chi connectivity index (χ1) is 12.4. The minimum Gasteiger partial charge on any atom is -0.492 e. The molecule has 0 atom stereocenters. The van der Waals surface area contributed by atoms with Gasteiger partial charge in [-0.05, 0) is 42.8 Å². The molecule has 4 N–H and O–H groups in total. The lowest BCUT2D eigenvalue weighted by Crippen LogP contribution is -2.43. The number of rotatable bonds is 2. The number of hydrogen-bond donors (Lipinski definition) is 2. The Bertz CT molecular complexity index is 923. The van der Waals surface area contributed by atoms with Crippen molar-refractivity contribution in [1.82, 2.24) is 5.53 Å². The van der Waals surface area contributed by atoms with Gasteiger partial charge in [0.2, 0.25) is 5.88 Å². The largest absolute Gasteiger partial charge is 0.492 e. The van der Waals surface area contributed by atoms with E-state index < -0.39 is 11.7 Å². The van der Waals surface area contributed by atoms with Crippen LogP contribution in [-0.4, -0.2) is 16.3 Å². The molecular formula is C18H17F3N4O2. The van der Waals surface area contributed by atoms with E-state index in [1.54, 1.807) is 5.01 Å². The first kappa shape index (κ1) is 18.7. The zero-order valence-corrected chi connectivity index (χ0v) is 14.2. The fourth-order valence-electron chi connectivity index (χ4n) is 3.01. The van der Waals surface area contributed by atoms with E-state index in [0.717, 1.165) is 23.5 Å². The Morgan fingerprint density at radius 2 is 1.70 bits per heavy atom. The highest BCUT2D eigenvalue weighted by Gasteiger charge is 2.37. The van der Waals surface area contributed by atoms with E-state index in [1.807, 2.05) is 31.2 Å². The van der Waals surface area contributed by atoms with Crippen molar-refractivity contribution < 1.29 is 23.8 Å². The third kappa shape index (κ3) is 3.00. The van der Waals surface area contributed by atoms with Gasteiger partial charge in [0.15, 0.2) is 0 Å². The lowest BCUT2D eigenvalue weighted by atomic mass is 10.1. The Hall–Kier alpha value is -3.04. The molecule has 0 aromatic heterocycles. The Kier molecular flexibility index (Phi) is 4.58. The molecule has 27 heavy (non-hydrogen) atoms. The van der Waals surface area contributed by atoms with Crippen LogP contribution in [0.15, 0.2) is 65.1 Å². The molecule has 2 aliphatic rings. The molecule has 0 spiro atoms. The number of hydrazine groups is 2. The minimum absolute atomic E-state index is 0. The van der Waals surface area contributed by atoms with Crippen molar-refractivity contribution in [3.63, 3.8) is 0 Å². The number of allylic oxidation sites excluding steroid dienone is 1. The third-order valence-electron chi connectivity index (χ3n) is 4.29. The van der Waals surface area contributed by atoms with Gasteiger partial charge in [0.1, 0.15) is 5.70 Å². The number of fused-ring (bicyclic) bond motifs is 3. The van der Waals surface area contributed by atoms with Gasteiger partial charge in [-0.2, -0.15) is 13.2 Å². The fraction of sp³-hybridized carbons (Fsp3) is 0.167. The van der Waals surface area contributed by atoms with Crippen LogP contribution in [0.2, 0.25) is 0 Å². The summed E-state index contributed by atoms with van der Waals surface area (Å²) in [5.41, 5.74) is 5.33. The molecule has 142 valence electrons. The number of aliphatic hydroxyl groups is 1. The number of benzene rings is 2. The first-order valence-corrected chi connectivity index (χ1v) is 8.04. The highest BCUT2D eigenvalue weighted by Crippen LogP contribution is 2.40. The summed E-state index contributed by atoms with van der Waals surface area (Å²) in [6, 6.07) is 12.0. The topological polar surface area (TPSA) is 82.6 Å². The molecule has 0 saturated carbocycles. The molecule has 0 saturated heterocycles. The SMILES string of the molecule is CCC1=Nc2ccccc2N2NN(c3ccc(C(F)(F)F)cc3)C(O)=C12.O. The highest BCUT2D eigenvalue weighted by atomic mass is 19.4. The maximum Gasteiger partial charge on any atom is 0.416 e. The lowest BCUT2D eigenvalue weighted by Gasteiger charge is -2.28. The predicted molar refractivity (Wildman–Crippen MR) is 96.6 cm³/mol. The van der Waals surface area contributed by atoms with Crippen molar-refractivity contribution in [2.75, 3.05) is 10.0 Å². The summed E-state index contributed by atoms with van der Waals surface area (Å²) in [6.07, 6.45) is -3.82. The van der Waals surface area contributed by atoms with Crippen molar-refractivity contribution in [3.05, 3.63) is 65.7 Å². The van der Waals surface area contributed by atoms with Crippen molar-refractivity contribution in [2.45, 2.75) is 19.5 Å². The Morgan fingerprint density at radius 1 is 1.04 bits per heavy atom. The molecular weight excluding hydrogens is 361 g/mol. The molecule has 2 aliphatic heterocycles.